The standard InChI is InChI=1S/C18H25N3O3S/c1-19-25(23,24)14-7-6-12-8-9-21(17(12)11-14)18(22)16-10-13-4-2-3-5-15(13)20-16/h6-7,11,13,15-16,19-20H,2-5,8-10H2,1H3. The molecule has 1 saturated carbocycles. The summed E-state index contributed by atoms with van der Waals surface area (Å²) in [4.78, 5) is 15.1. The van der Waals surface area contributed by atoms with E-state index in [4.69, 9.17) is 0 Å². The van der Waals surface area contributed by atoms with Gasteiger partial charge >= 0.3 is 0 Å². The maximum absolute atomic E-state index is 13.1. The van der Waals surface area contributed by atoms with Gasteiger partial charge in [-0.05, 0) is 56.3 Å². The Kier molecular flexibility index (Phi) is 4.33. The second-order valence-corrected chi connectivity index (χ2v) is 9.23. The number of anilines is 1. The Morgan fingerprint density at radius 2 is 2.08 bits per heavy atom. The number of nitrogens with zero attached hydrogens (tertiary/aromatic N) is 1. The second kappa shape index (κ2) is 6.37. The highest BCUT2D eigenvalue weighted by Gasteiger charge is 2.41. The summed E-state index contributed by atoms with van der Waals surface area (Å²) in [6, 6.07) is 5.41. The molecule has 0 aromatic heterocycles. The summed E-state index contributed by atoms with van der Waals surface area (Å²) in [5.41, 5.74) is 1.79. The predicted octanol–water partition coefficient (Wildman–Crippen LogP) is 1.40. The summed E-state index contributed by atoms with van der Waals surface area (Å²) in [6.07, 6.45) is 6.57. The molecule has 1 aliphatic carbocycles. The van der Waals surface area contributed by atoms with E-state index < -0.39 is 10.0 Å². The van der Waals surface area contributed by atoms with Crippen molar-refractivity contribution in [3.63, 3.8) is 0 Å². The molecule has 7 heteroatoms. The van der Waals surface area contributed by atoms with Gasteiger partial charge in [0.25, 0.3) is 0 Å². The van der Waals surface area contributed by atoms with E-state index >= 15 is 0 Å². The van der Waals surface area contributed by atoms with Crippen LogP contribution in [0.5, 0.6) is 0 Å². The molecule has 0 radical (unpaired) electrons. The second-order valence-electron chi connectivity index (χ2n) is 7.34. The van der Waals surface area contributed by atoms with Gasteiger partial charge in [-0.15, -0.1) is 0 Å². The van der Waals surface area contributed by atoms with Crippen LogP contribution < -0.4 is 14.9 Å². The molecule has 0 bridgehead atoms. The van der Waals surface area contributed by atoms with E-state index in [1.165, 1.54) is 26.3 Å². The van der Waals surface area contributed by atoms with Crippen molar-refractivity contribution >= 4 is 21.6 Å². The Balaban J connectivity index is 1.57. The van der Waals surface area contributed by atoms with Crippen LogP contribution in [-0.2, 0) is 21.2 Å². The van der Waals surface area contributed by atoms with Crippen LogP contribution in [0.1, 0.15) is 37.7 Å². The van der Waals surface area contributed by atoms with Gasteiger partial charge in [0.05, 0.1) is 10.9 Å². The molecule has 2 N–H and O–H groups in total. The zero-order valence-electron chi connectivity index (χ0n) is 14.5. The van der Waals surface area contributed by atoms with Crippen molar-refractivity contribution in [3.05, 3.63) is 23.8 Å². The van der Waals surface area contributed by atoms with Crippen LogP contribution in [0, 0.1) is 5.92 Å². The van der Waals surface area contributed by atoms with Crippen molar-refractivity contribution in [1.29, 1.82) is 0 Å². The van der Waals surface area contributed by atoms with Crippen LogP contribution in [0.15, 0.2) is 23.1 Å². The highest BCUT2D eigenvalue weighted by molar-refractivity contribution is 7.89. The van der Waals surface area contributed by atoms with E-state index in [1.807, 2.05) is 6.07 Å². The average Bonchev–Trinajstić information content (AvgIpc) is 3.24. The maximum atomic E-state index is 13.1. The molecule has 6 nitrogen and oxygen atoms in total. The quantitative estimate of drug-likeness (QED) is 0.851. The molecule has 1 aromatic carbocycles. The molecule has 3 atom stereocenters. The lowest BCUT2D eigenvalue weighted by molar-refractivity contribution is -0.120. The van der Waals surface area contributed by atoms with Crippen LogP contribution in [-0.4, -0.2) is 40.0 Å². The highest BCUT2D eigenvalue weighted by Crippen LogP contribution is 2.36. The molecular weight excluding hydrogens is 338 g/mol. The molecule has 1 aromatic rings. The van der Waals surface area contributed by atoms with Gasteiger partial charge in [0.1, 0.15) is 0 Å². The average molecular weight is 363 g/mol. The fraction of sp³-hybridized carbons (Fsp3) is 0.611. The number of benzene rings is 1. The molecule has 2 aliphatic heterocycles. The lowest BCUT2D eigenvalue weighted by Crippen LogP contribution is -2.45. The van der Waals surface area contributed by atoms with Gasteiger partial charge in [0.15, 0.2) is 0 Å². The maximum Gasteiger partial charge on any atom is 0.244 e. The van der Waals surface area contributed by atoms with Crippen molar-refractivity contribution in [2.45, 2.75) is 55.5 Å². The van der Waals surface area contributed by atoms with E-state index in [0.29, 0.717) is 18.5 Å². The largest absolute Gasteiger partial charge is 0.310 e. The fourth-order valence-electron chi connectivity index (χ4n) is 4.57. The molecule has 4 rings (SSSR count). The minimum atomic E-state index is -3.51. The first-order valence-electron chi connectivity index (χ1n) is 9.13. The molecule has 136 valence electrons. The van der Waals surface area contributed by atoms with Crippen molar-refractivity contribution in [3.8, 4) is 0 Å². The fourth-order valence-corrected chi connectivity index (χ4v) is 5.32. The molecule has 2 heterocycles. The molecule has 25 heavy (non-hydrogen) atoms. The number of rotatable bonds is 3. The number of sulfonamides is 1. The monoisotopic (exact) mass is 363 g/mol. The van der Waals surface area contributed by atoms with Gasteiger partial charge in [-0.1, -0.05) is 18.9 Å². The normalized spacial score (nSPS) is 28.7. The predicted molar refractivity (Wildman–Crippen MR) is 96.0 cm³/mol. The van der Waals surface area contributed by atoms with Crippen molar-refractivity contribution in [1.82, 2.24) is 10.0 Å². The van der Waals surface area contributed by atoms with E-state index in [9.17, 15) is 13.2 Å². The minimum absolute atomic E-state index is 0.0900. The third kappa shape index (κ3) is 2.98. The Morgan fingerprint density at radius 1 is 1.28 bits per heavy atom. The number of amides is 1. The number of fused-ring (bicyclic) bond motifs is 2. The summed E-state index contributed by atoms with van der Waals surface area (Å²) in [5, 5.41) is 3.53. The first-order chi connectivity index (χ1) is 12.0. The lowest BCUT2D eigenvalue weighted by atomic mass is 9.85. The Labute approximate surface area is 149 Å². The van der Waals surface area contributed by atoms with E-state index in [-0.39, 0.29) is 16.8 Å². The number of hydrogen-bond donors (Lipinski definition) is 2. The van der Waals surface area contributed by atoms with Gasteiger partial charge in [0.2, 0.25) is 15.9 Å². The zero-order valence-corrected chi connectivity index (χ0v) is 15.3. The molecular formula is C18H25N3O3S. The Morgan fingerprint density at radius 3 is 2.84 bits per heavy atom. The molecule has 3 aliphatic rings. The van der Waals surface area contributed by atoms with E-state index in [0.717, 1.165) is 30.5 Å². The summed E-state index contributed by atoms with van der Waals surface area (Å²) in [6.45, 7) is 0.630. The topological polar surface area (TPSA) is 78.5 Å². The summed E-state index contributed by atoms with van der Waals surface area (Å²) in [5.74, 6) is 0.702. The first-order valence-corrected chi connectivity index (χ1v) is 10.6. The van der Waals surface area contributed by atoms with Crippen molar-refractivity contribution in [2.75, 3.05) is 18.5 Å². The van der Waals surface area contributed by atoms with Crippen LogP contribution in [0.3, 0.4) is 0 Å². The number of carbonyl (C=O) groups excluding carboxylic acids is 1. The first kappa shape index (κ1) is 17.0. The molecule has 1 amide bonds. The SMILES string of the molecule is CNS(=O)(=O)c1ccc2c(c1)N(C(=O)C1CC3CCCCC3N1)CC2. The Bertz CT molecular complexity index is 779. The molecule has 3 unspecified atom stereocenters. The molecule has 2 fully saturated rings. The molecule has 1 saturated heterocycles. The number of hydrogen-bond acceptors (Lipinski definition) is 4. The smallest absolute Gasteiger partial charge is 0.244 e. The van der Waals surface area contributed by atoms with Crippen LogP contribution >= 0.6 is 0 Å². The van der Waals surface area contributed by atoms with Crippen LogP contribution in [0.4, 0.5) is 5.69 Å². The van der Waals surface area contributed by atoms with Gasteiger partial charge in [-0.3, -0.25) is 4.79 Å². The third-order valence-corrected chi connectivity index (χ3v) is 7.37. The van der Waals surface area contributed by atoms with Gasteiger partial charge in [-0.2, -0.15) is 0 Å². The van der Waals surface area contributed by atoms with Gasteiger partial charge in [0, 0.05) is 18.3 Å². The highest BCUT2D eigenvalue weighted by atomic mass is 32.2. The lowest BCUT2D eigenvalue weighted by Gasteiger charge is -2.24. The minimum Gasteiger partial charge on any atom is -0.310 e. The zero-order chi connectivity index (χ0) is 17.6. The van der Waals surface area contributed by atoms with Gasteiger partial charge < -0.3 is 10.2 Å². The van der Waals surface area contributed by atoms with Crippen LogP contribution in [0.25, 0.3) is 0 Å². The molecule has 0 spiro atoms. The van der Waals surface area contributed by atoms with E-state index in [1.54, 1.807) is 17.0 Å². The summed E-state index contributed by atoms with van der Waals surface area (Å²) < 4.78 is 26.5. The number of nitrogens with one attached hydrogen (secondary N) is 2. The third-order valence-electron chi connectivity index (χ3n) is 5.96. The number of carbonyl (C=O) groups is 1. The van der Waals surface area contributed by atoms with Crippen molar-refractivity contribution < 1.29 is 13.2 Å². The Hall–Kier alpha value is -1.44. The van der Waals surface area contributed by atoms with Gasteiger partial charge in [-0.25, -0.2) is 13.1 Å². The summed E-state index contributed by atoms with van der Waals surface area (Å²) in [7, 11) is -2.11. The van der Waals surface area contributed by atoms with Crippen LogP contribution in [0.2, 0.25) is 0 Å². The van der Waals surface area contributed by atoms with E-state index in [2.05, 4.69) is 10.0 Å². The summed E-state index contributed by atoms with van der Waals surface area (Å²) >= 11 is 0. The van der Waals surface area contributed by atoms with Crippen molar-refractivity contribution in [2.24, 2.45) is 5.92 Å².